The lowest BCUT2D eigenvalue weighted by molar-refractivity contribution is -0.123. The molecule has 2 aromatic rings. The van der Waals surface area contributed by atoms with Crippen molar-refractivity contribution in [2.45, 2.75) is 26.7 Å². The van der Waals surface area contributed by atoms with Gasteiger partial charge in [-0.05, 0) is 60.5 Å². The summed E-state index contributed by atoms with van der Waals surface area (Å²) < 4.78 is 5.64. The zero-order valence-corrected chi connectivity index (χ0v) is 18.5. The van der Waals surface area contributed by atoms with Crippen molar-refractivity contribution in [3.63, 3.8) is 0 Å². The maximum Gasteiger partial charge on any atom is 0.276 e. The third-order valence-corrected chi connectivity index (χ3v) is 4.62. The summed E-state index contributed by atoms with van der Waals surface area (Å²) in [5.41, 5.74) is 7.07. The van der Waals surface area contributed by atoms with E-state index in [-0.39, 0.29) is 28.2 Å². The second-order valence-electron chi connectivity index (χ2n) is 6.57. The summed E-state index contributed by atoms with van der Waals surface area (Å²) in [4.78, 5) is 24.2. The van der Waals surface area contributed by atoms with E-state index in [1.165, 1.54) is 18.2 Å². The molecule has 2 rings (SSSR count). The third-order valence-electron chi connectivity index (χ3n) is 3.87. The molecule has 154 valence electrons. The first-order valence-electron chi connectivity index (χ1n) is 8.76. The molecule has 29 heavy (non-hydrogen) atoms. The van der Waals surface area contributed by atoms with Crippen LogP contribution in [0.25, 0.3) is 0 Å². The Hall–Kier alpha value is -2.35. The molecule has 0 radical (unpaired) electrons. The molecule has 9 heteroatoms. The second-order valence-corrected chi connectivity index (χ2v) is 7.82. The van der Waals surface area contributed by atoms with E-state index in [1.54, 1.807) is 0 Å². The number of thiocarbonyl (C=S) groups is 1. The van der Waals surface area contributed by atoms with Crippen molar-refractivity contribution in [3.05, 3.63) is 63.1 Å². The Kier molecular flexibility index (Phi) is 8.25. The number of nitrogens with one attached hydrogen (secondary N) is 3. The summed E-state index contributed by atoms with van der Waals surface area (Å²) >= 11 is 16.8. The number of carbonyl (C=O) groups excluding carboxylic acids is 2. The number of hydrogen-bond acceptors (Lipinski definition) is 4. The van der Waals surface area contributed by atoms with Crippen LogP contribution in [-0.4, -0.2) is 23.5 Å². The first-order valence-corrected chi connectivity index (χ1v) is 9.92. The largest absolute Gasteiger partial charge is 0.483 e. The van der Waals surface area contributed by atoms with E-state index >= 15 is 0 Å². The Labute approximate surface area is 184 Å². The fourth-order valence-electron chi connectivity index (χ4n) is 2.42. The Balaban J connectivity index is 1.84. The maximum atomic E-state index is 12.2. The number of halogens is 2. The molecule has 0 fully saturated rings. The molecule has 0 heterocycles. The molecule has 0 unspecified atom stereocenters. The number of aryl methyl sites for hydroxylation is 1. The molecule has 0 saturated heterocycles. The van der Waals surface area contributed by atoms with Gasteiger partial charge in [-0.1, -0.05) is 49.2 Å². The highest BCUT2D eigenvalue weighted by atomic mass is 35.5. The first-order chi connectivity index (χ1) is 13.7. The van der Waals surface area contributed by atoms with Crippen LogP contribution >= 0.6 is 35.4 Å². The zero-order valence-electron chi connectivity index (χ0n) is 16.1. The smallest absolute Gasteiger partial charge is 0.276 e. The van der Waals surface area contributed by atoms with Crippen LogP contribution in [0.3, 0.4) is 0 Å². The Morgan fingerprint density at radius 3 is 2.48 bits per heavy atom. The van der Waals surface area contributed by atoms with Crippen LogP contribution in [0.5, 0.6) is 5.75 Å². The average molecular weight is 454 g/mol. The van der Waals surface area contributed by atoms with E-state index in [0.717, 1.165) is 11.1 Å². The molecule has 0 aliphatic heterocycles. The summed E-state index contributed by atoms with van der Waals surface area (Å²) in [6.45, 7) is 5.84. The van der Waals surface area contributed by atoms with Gasteiger partial charge in [0.25, 0.3) is 11.8 Å². The normalized spacial score (nSPS) is 10.4. The van der Waals surface area contributed by atoms with E-state index in [1.807, 2.05) is 39.0 Å². The Bertz CT molecular complexity index is 935. The van der Waals surface area contributed by atoms with Crippen molar-refractivity contribution in [1.82, 2.24) is 16.2 Å². The van der Waals surface area contributed by atoms with Crippen LogP contribution in [0.2, 0.25) is 10.0 Å². The second kappa shape index (κ2) is 10.4. The number of rotatable bonds is 5. The van der Waals surface area contributed by atoms with Gasteiger partial charge in [0.05, 0.1) is 10.6 Å². The minimum absolute atomic E-state index is 0.0900. The minimum atomic E-state index is -0.531. The SMILES string of the molecule is Cc1ccc(C(C)C)c(OCC(=O)NNC(=S)NC(=O)c2ccc(Cl)cc2Cl)c1. The molecule has 6 nitrogen and oxygen atoms in total. The fraction of sp³-hybridized carbons (Fsp3) is 0.250. The van der Waals surface area contributed by atoms with Gasteiger partial charge in [-0.15, -0.1) is 0 Å². The molecular weight excluding hydrogens is 433 g/mol. The van der Waals surface area contributed by atoms with Gasteiger partial charge in [-0.2, -0.15) is 0 Å². The summed E-state index contributed by atoms with van der Waals surface area (Å²) in [5, 5.41) is 2.93. The molecule has 0 aliphatic carbocycles. The van der Waals surface area contributed by atoms with Crippen LogP contribution in [-0.2, 0) is 4.79 Å². The number of carbonyl (C=O) groups is 2. The molecule has 0 bridgehead atoms. The van der Waals surface area contributed by atoms with Crippen LogP contribution in [0.15, 0.2) is 36.4 Å². The zero-order chi connectivity index (χ0) is 21.6. The summed E-state index contributed by atoms with van der Waals surface area (Å²) in [7, 11) is 0. The summed E-state index contributed by atoms with van der Waals surface area (Å²) in [6.07, 6.45) is 0. The molecule has 3 N–H and O–H groups in total. The molecule has 2 amide bonds. The standard InChI is InChI=1S/C20H21Cl2N3O3S/c1-11(2)14-6-4-12(3)8-17(14)28-10-18(26)24-25-20(29)23-19(27)15-7-5-13(21)9-16(15)22/h4-9,11H,10H2,1-3H3,(H,24,26)(H2,23,25,27,29). The van der Waals surface area contributed by atoms with Crippen molar-refractivity contribution < 1.29 is 14.3 Å². The van der Waals surface area contributed by atoms with Gasteiger partial charge in [0.1, 0.15) is 5.75 Å². The lowest BCUT2D eigenvalue weighted by atomic mass is 10.0. The van der Waals surface area contributed by atoms with Gasteiger partial charge in [0, 0.05) is 5.02 Å². The number of amides is 2. The Morgan fingerprint density at radius 2 is 1.83 bits per heavy atom. The van der Waals surface area contributed by atoms with E-state index in [4.69, 9.17) is 40.2 Å². The van der Waals surface area contributed by atoms with Crippen molar-refractivity contribution in [3.8, 4) is 5.75 Å². The highest BCUT2D eigenvalue weighted by Gasteiger charge is 2.13. The lowest BCUT2D eigenvalue weighted by Crippen LogP contribution is -2.49. The number of benzene rings is 2. The summed E-state index contributed by atoms with van der Waals surface area (Å²) in [5.74, 6) is -0.0731. The average Bonchev–Trinajstić information content (AvgIpc) is 2.64. The van der Waals surface area contributed by atoms with Gasteiger partial charge < -0.3 is 4.74 Å². The van der Waals surface area contributed by atoms with Gasteiger partial charge >= 0.3 is 0 Å². The monoisotopic (exact) mass is 453 g/mol. The highest BCUT2D eigenvalue weighted by Crippen LogP contribution is 2.27. The molecule has 0 aromatic heterocycles. The maximum absolute atomic E-state index is 12.2. The van der Waals surface area contributed by atoms with Crippen molar-refractivity contribution in [2.75, 3.05) is 6.61 Å². The quantitative estimate of drug-likeness (QED) is 0.468. The number of hydrazine groups is 1. The van der Waals surface area contributed by atoms with Gasteiger partial charge in [-0.3, -0.25) is 25.8 Å². The number of hydrogen-bond donors (Lipinski definition) is 3. The lowest BCUT2D eigenvalue weighted by Gasteiger charge is -2.15. The van der Waals surface area contributed by atoms with E-state index in [2.05, 4.69) is 16.2 Å². The van der Waals surface area contributed by atoms with E-state index < -0.39 is 11.8 Å². The van der Waals surface area contributed by atoms with E-state index in [0.29, 0.717) is 10.8 Å². The molecule has 0 spiro atoms. The molecular formula is C20H21Cl2N3O3S. The van der Waals surface area contributed by atoms with Crippen LogP contribution in [0.4, 0.5) is 0 Å². The third kappa shape index (κ3) is 6.88. The Morgan fingerprint density at radius 1 is 1.10 bits per heavy atom. The predicted octanol–water partition coefficient (Wildman–Crippen LogP) is 4.14. The van der Waals surface area contributed by atoms with Crippen molar-refractivity contribution in [1.29, 1.82) is 0 Å². The van der Waals surface area contributed by atoms with Crippen molar-refractivity contribution >= 4 is 52.3 Å². The van der Waals surface area contributed by atoms with Gasteiger partial charge in [0.15, 0.2) is 11.7 Å². The topological polar surface area (TPSA) is 79.5 Å². The molecule has 2 aromatic carbocycles. The van der Waals surface area contributed by atoms with Crippen LogP contribution in [0, 0.1) is 6.92 Å². The highest BCUT2D eigenvalue weighted by molar-refractivity contribution is 7.80. The van der Waals surface area contributed by atoms with Crippen LogP contribution < -0.4 is 20.9 Å². The molecule has 0 aliphatic rings. The number of ether oxygens (including phenoxy) is 1. The fourth-order valence-corrected chi connectivity index (χ4v) is 3.06. The van der Waals surface area contributed by atoms with Crippen LogP contribution in [0.1, 0.15) is 41.3 Å². The van der Waals surface area contributed by atoms with E-state index in [9.17, 15) is 9.59 Å². The molecule has 0 atom stereocenters. The molecule has 0 saturated carbocycles. The first kappa shape index (κ1) is 22.9. The minimum Gasteiger partial charge on any atom is -0.483 e. The predicted molar refractivity (Wildman–Crippen MR) is 119 cm³/mol. The summed E-state index contributed by atoms with van der Waals surface area (Å²) in [6, 6.07) is 10.3. The van der Waals surface area contributed by atoms with Crippen molar-refractivity contribution in [2.24, 2.45) is 0 Å². The van der Waals surface area contributed by atoms with Gasteiger partial charge in [-0.25, -0.2) is 0 Å². The van der Waals surface area contributed by atoms with Gasteiger partial charge in [0.2, 0.25) is 0 Å².